The molecule has 2 heterocycles. The molecule has 6 N–H and O–H groups in total. The Morgan fingerprint density at radius 3 is 2.16 bits per heavy atom. The number of para-hydroxylation sites is 1. The lowest BCUT2D eigenvalue weighted by Crippen LogP contribution is -2.62. The number of aromatic nitrogens is 1. The molecule has 342 valence electrons. The Balaban J connectivity index is 1.53. The third kappa shape index (κ3) is 14.5. The highest BCUT2D eigenvalue weighted by Gasteiger charge is 2.44. The molecule has 2 fully saturated rings. The first-order valence-electron chi connectivity index (χ1n) is 22.2. The number of nitrogens with zero attached hydrogens (tertiary/aromatic N) is 2. The average molecular weight is 870 g/mol. The van der Waals surface area contributed by atoms with Crippen LogP contribution in [0.1, 0.15) is 110 Å². The first-order chi connectivity index (χ1) is 29.7. The molecule has 1 saturated carbocycles. The van der Waals surface area contributed by atoms with Crippen molar-refractivity contribution in [1.82, 2.24) is 31.2 Å². The summed E-state index contributed by atoms with van der Waals surface area (Å²) in [4.78, 5) is 88.9. The Labute approximate surface area is 371 Å². The number of alkyl carbamates (subject to hydrolysis) is 1. The molecule has 63 heavy (non-hydrogen) atoms. The summed E-state index contributed by atoms with van der Waals surface area (Å²) in [6.45, 7) is 15.1. The SMILES string of the molecule is CC(C)[C@H](NC(=O)OC(C)(C)C)C(=O)O[C@H](CN1C[C@H]2CCCC[C@H]2C[C@H]1C(=O)NC(C)(C)C)[C@H](Cc1ccccc1)NC(=O)[C@H](CC(N)=O)NC(=O)c1ccc2ccccc2n1. The van der Waals surface area contributed by atoms with E-state index in [9.17, 15) is 28.8 Å². The molecule has 1 aliphatic heterocycles. The monoisotopic (exact) mass is 870 g/mol. The third-order valence-corrected chi connectivity index (χ3v) is 11.5. The van der Waals surface area contributed by atoms with Gasteiger partial charge < -0.3 is 36.5 Å². The van der Waals surface area contributed by atoms with Gasteiger partial charge in [-0.15, -0.1) is 0 Å². The van der Waals surface area contributed by atoms with Gasteiger partial charge in [-0.1, -0.05) is 87.7 Å². The number of carbonyl (C=O) groups is 6. The summed E-state index contributed by atoms with van der Waals surface area (Å²) in [6.07, 6.45) is 2.53. The van der Waals surface area contributed by atoms with Crippen LogP contribution >= 0.6 is 0 Å². The van der Waals surface area contributed by atoms with Crippen molar-refractivity contribution >= 4 is 46.6 Å². The van der Waals surface area contributed by atoms with Crippen LogP contribution in [0.15, 0.2) is 66.7 Å². The van der Waals surface area contributed by atoms with Gasteiger partial charge in [0.05, 0.1) is 24.0 Å². The average Bonchev–Trinajstić information content (AvgIpc) is 3.20. The minimum Gasteiger partial charge on any atom is -0.457 e. The molecule has 0 bridgehead atoms. The molecule has 1 aliphatic carbocycles. The second kappa shape index (κ2) is 21.2. The van der Waals surface area contributed by atoms with Crippen molar-refractivity contribution in [2.45, 2.75) is 142 Å². The van der Waals surface area contributed by atoms with E-state index in [0.29, 0.717) is 30.3 Å². The van der Waals surface area contributed by atoms with E-state index in [1.807, 2.05) is 63.2 Å². The summed E-state index contributed by atoms with van der Waals surface area (Å²) in [5.74, 6) is -2.95. The summed E-state index contributed by atoms with van der Waals surface area (Å²) in [7, 11) is 0. The Morgan fingerprint density at radius 2 is 1.51 bits per heavy atom. The number of carbonyl (C=O) groups excluding carboxylic acids is 6. The highest BCUT2D eigenvalue weighted by atomic mass is 16.6. The number of ether oxygens (including phenoxy) is 2. The minimum absolute atomic E-state index is 0.0338. The van der Waals surface area contributed by atoms with Crippen LogP contribution in [0.3, 0.4) is 0 Å². The van der Waals surface area contributed by atoms with E-state index in [4.69, 9.17) is 15.2 Å². The number of likely N-dealkylation sites (tertiary alicyclic amines) is 1. The number of fused-ring (bicyclic) bond motifs is 2. The maximum absolute atomic E-state index is 14.5. The van der Waals surface area contributed by atoms with Gasteiger partial charge in [0.1, 0.15) is 29.5 Å². The Hall–Kier alpha value is -5.57. The van der Waals surface area contributed by atoms with Crippen molar-refractivity contribution in [3.63, 3.8) is 0 Å². The molecule has 15 nitrogen and oxygen atoms in total. The smallest absolute Gasteiger partial charge is 0.408 e. The predicted octanol–water partition coefficient (Wildman–Crippen LogP) is 5.19. The fraction of sp³-hybridized carbons (Fsp3) is 0.562. The highest BCUT2D eigenvalue weighted by Crippen LogP contribution is 2.39. The van der Waals surface area contributed by atoms with Crippen molar-refractivity contribution in [3.8, 4) is 0 Å². The number of hydrogen-bond acceptors (Lipinski definition) is 10. The number of nitrogens with one attached hydrogen (secondary N) is 4. The number of piperidine rings is 1. The van der Waals surface area contributed by atoms with Crippen molar-refractivity contribution in [1.29, 1.82) is 0 Å². The van der Waals surface area contributed by atoms with Crippen LogP contribution in [0.5, 0.6) is 0 Å². The number of nitrogens with two attached hydrogens (primary N) is 1. The van der Waals surface area contributed by atoms with Gasteiger partial charge in [0, 0.05) is 24.0 Å². The highest BCUT2D eigenvalue weighted by molar-refractivity contribution is 5.99. The van der Waals surface area contributed by atoms with Crippen LogP contribution in [0, 0.1) is 17.8 Å². The molecule has 1 saturated heterocycles. The van der Waals surface area contributed by atoms with Crippen molar-refractivity contribution in [2.24, 2.45) is 23.5 Å². The zero-order valence-electron chi connectivity index (χ0n) is 38.1. The topological polar surface area (TPSA) is 211 Å². The van der Waals surface area contributed by atoms with Crippen LogP contribution in [-0.2, 0) is 35.1 Å². The molecule has 0 unspecified atom stereocenters. The van der Waals surface area contributed by atoms with Gasteiger partial charge in [-0.2, -0.15) is 0 Å². The number of rotatable bonds is 16. The van der Waals surface area contributed by atoms with Gasteiger partial charge in [0.25, 0.3) is 5.91 Å². The van der Waals surface area contributed by atoms with E-state index in [0.717, 1.165) is 36.6 Å². The maximum Gasteiger partial charge on any atom is 0.408 e. The molecule has 1 aromatic heterocycles. The van der Waals surface area contributed by atoms with Gasteiger partial charge in [-0.25, -0.2) is 14.6 Å². The van der Waals surface area contributed by atoms with Gasteiger partial charge >= 0.3 is 12.1 Å². The van der Waals surface area contributed by atoms with Crippen LogP contribution in [0.2, 0.25) is 0 Å². The summed E-state index contributed by atoms with van der Waals surface area (Å²) >= 11 is 0. The molecular weight excluding hydrogens is 803 g/mol. The van der Waals surface area contributed by atoms with Gasteiger partial charge in [0.15, 0.2) is 0 Å². The van der Waals surface area contributed by atoms with Crippen molar-refractivity contribution in [2.75, 3.05) is 13.1 Å². The van der Waals surface area contributed by atoms with Crippen molar-refractivity contribution in [3.05, 3.63) is 78.0 Å². The van der Waals surface area contributed by atoms with E-state index in [1.165, 1.54) is 6.07 Å². The lowest BCUT2D eigenvalue weighted by atomic mass is 9.72. The third-order valence-electron chi connectivity index (χ3n) is 11.5. The fourth-order valence-corrected chi connectivity index (χ4v) is 8.52. The summed E-state index contributed by atoms with van der Waals surface area (Å²) < 4.78 is 12.0. The number of amides is 5. The van der Waals surface area contributed by atoms with Crippen LogP contribution in [0.4, 0.5) is 4.79 Å². The summed E-state index contributed by atoms with van der Waals surface area (Å²) in [6, 6.07) is 15.7. The normalized spacial score (nSPS) is 20.0. The molecule has 2 aromatic carbocycles. The largest absolute Gasteiger partial charge is 0.457 e. The molecule has 2 aliphatic rings. The second-order valence-corrected chi connectivity index (χ2v) is 19.5. The summed E-state index contributed by atoms with van der Waals surface area (Å²) in [5, 5.41) is 12.4. The second-order valence-electron chi connectivity index (χ2n) is 19.5. The number of hydrogen-bond donors (Lipinski definition) is 5. The van der Waals surface area contributed by atoms with Crippen LogP contribution in [0.25, 0.3) is 10.9 Å². The first-order valence-corrected chi connectivity index (χ1v) is 22.2. The Bertz CT molecular complexity index is 2080. The van der Waals surface area contributed by atoms with Crippen LogP contribution < -0.4 is 27.0 Å². The number of pyridine rings is 1. The molecule has 5 rings (SSSR count). The van der Waals surface area contributed by atoms with Gasteiger partial charge in [0.2, 0.25) is 17.7 Å². The van der Waals surface area contributed by atoms with E-state index in [1.54, 1.807) is 52.8 Å². The van der Waals surface area contributed by atoms with Crippen LogP contribution in [-0.4, -0.2) is 100 Å². The lowest BCUT2D eigenvalue weighted by Gasteiger charge is -2.47. The molecular formula is C48H67N7O8. The van der Waals surface area contributed by atoms with E-state index >= 15 is 0 Å². The van der Waals surface area contributed by atoms with E-state index in [2.05, 4.69) is 31.2 Å². The number of benzene rings is 2. The quantitative estimate of drug-likeness (QED) is 0.119. The fourth-order valence-electron chi connectivity index (χ4n) is 8.52. The van der Waals surface area contributed by atoms with E-state index < -0.39 is 83.5 Å². The van der Waals surface area contributed by atoms with E-state index in [-0.39, 0.29) is 24.6 Å². The zero-order chi connectivity index (χ0) is 46.1. The summed E-state index contributed by atoms with van der Waals surface area (Å²) in [5.41, 5.74) is 5.71. The van der Waals surface area contributed by atoms with Gasteiger partial charge in [-0.05, 0) is 96.3 Å². The lowest BCUT2D eigenvalue weighted by molar-refractivity contribution is -0.158. The first kappa shape index (κ1) is 48.5. The molecule has 5 amide bonds. The maximum atomic E-state index is 14.5. The standard InChI is InChI=1S/C48H67N7O8/c1-29(2)41(53-46(61)63-48(6,7)8)45(60)62-39(28-55-27-33-20-13-12-19-32(33)25-38(55)44(59)54-47(3,4)5)36(24-30-16-10-9-11-17-30)51-43(58)37(26-40(49)56)52-42(57)35-23-22-31-18-14-15-21-34(31)50-35/h9-11,14-18,21-23,29,32-33,36-39,41H,12-13,19-20,24-28H2,1-8H3,(H2,49,56)(H,51,58)(H,52,57)(H,53,61)(H,54,59)/t32-,33+,36-,37-,38-,39+,41-/m0/s1. The number of primary amides is 1. The molecule has 3 aromatic rings. The van der Waals surface area contributed by atoms with Crippen molar-refractivity contribution < 1.29 is 38.2 Å². The molecule has 0 spiro atoms. The molecule has 15 heteroatoms. The zero-order valence-corrected chi connectivity index (χ0v) is 38.1. The minimum atomic E-state index is -1.43. The van der Waals surface area contributed by atoms with Gasteiger partial charge in [-0.3, -0.25) is 24.1 Å². The molecule has 0 radical (unpaired) electrons. The molecule has 7 atom stereocenters. The predicted molar refractivity (Wildman–Crippen MR) is 240 cm³/mol. The Morgan fingerprint density at radius 1 is 0.841 bits per heavy atom. The Kier molecular flexibility index (Phi) is 16.3. The number of esters is 1.